The highest BCUT2D eigenvalue weighted by molar-refractivity contribution is 7.09. The van der Waals surface area contributed by atoms with Crippen LogP contribution in [0.1, 0.15) is 17.7 Å². The van der Waals surface area contributed by atoms with E-state index in [0.29, 0.717) is 5.41 Å². The molecule has 1 aliphatic rings. The van der Waals surface area contributed by atoms with Gasteiger partial charge in [-0.15, -0.1) is 22.9 Å². The molecule has 0 atom stereocenters. The van der Waals surface area contributed by atoms with E-state index < -0.39 is 0 Å². The first-order chi connectivity index (χ1) is 5.35. The third-order valence-corrected chi connectivity index (χ3v) is 3.62. The molecule has 1 aromatic heterocycles. The molecule has 1 aromatic rings. The molecule has 0 aromatic carbocycles. The maximum atomic E-state index is 5.86. The van der Waals surface area contributed by atoms with Crippen LogP contribution in [-0.2, 0) is 6.42 Å². The molecule has 1 saturated carbocycles. The molecular formula is C8H10ClNS. The predicted octanol–water partition coefficient (Wildman–Crippen LogP) is 2.70. The fraction of sp³-hybridized carbons (Fsp3) is 0.625. The Morgan fingerprint density at radius 3 is 2.91 bits per heavy atom. The number of nitrogens with zero attached hydrogens (tertiary/aromatic N) is 1. The van der Waals surface area contributed by atoms with Gasteiger partial charge in [-0.2, -0.15) is 0 Å². The standard InChI is InChI=1S/C8H10ClNS/c9-5-8(1-2-8)3-7-4-10-6-11-7/h4,6H,1-3,5H2. The van der Waals surface area contributed by atoms with E-state index >= 15 is 0 Å². The third-order valence-electron chi connectivity index (χ3n) is 2.27. The molecule has 0 radical (unpaired) electrons. The SMILES string of the molecule is ClCC1(Cc2cncs2)CC1. The molecule has 0 N–H and O–H groups in total. The van der Waals surface area contributed by atoms with Crippen LogP contribution in [0.25, 0.3) is 0 Å². The summed E-state index contributed by atoms with van der Waals surface area (Å²) in [5.74, 6) is 0.810. The molecule has 2 rings (SSSR count). The van der Waals surface area contributed by atoms with Crippen LogP contribution in [0.4, 0.5) is 0 Å². The van der Waals surface area contributed by atoms with Crippen LogP contribution >= 0.6 is 22.9 Å². The minimum absolute atomic E-state index is 0.452. The van der Waals surface area contributed by atoms with Crippen LogP contribution in [0, 0.1) is 5.41 Å². The van der Waals surface area contributed by atoms with Gasteiger partial charge in [-0.25, -0.2) is 0 Å². The molecule has 1 heterocycles. The van der Waals surface area contributed by atoms with Gasteiger partial charge in [0.15, 0.2) is 0 Å². The summed E-state index contributed by atoms with van der Waals surface area (Å²) in [6.45, 7) is 0. The van der Waals surface area contributed by atoms with Gasteiger partial charge < -0.3 is 0 Å². The Hall–Kier alpha value is -0.0800. The van der Waals surface area contributed by atoms with Crippen LogP contribution < -0.4 is 0 Å². The van der Waals surface area contributed by atoms with Gasteiger partial charge in [0.2, 0.25) is 0 Å². The second-order valence-corrected chi connectivity index (χ2v) is 4.52. The smallest absolute Gasteiger partial charge is 0.0794 e. The van der Waals surface area contributed by atoms with Crippen molar-refractivity contribution in [2.45, 2.75) is 19.3 Å². The molecule has 0 spiro atoms. The number of rotatable bonds is 3. The zero-order chi connectivity index (χ0) is 7.73. The molecular weight excluding hydrogens is 178 g/mol. The topological polar surface area (TPSA) is 12.9 Å². The quantitative estimate of drug-likeness (QED) is 0.664. The van der Waals surface area contributed by atoms with Crippen LogP contribution in [-0.4, -0.2) is 10.9 Å². The van der Waals surface area contributed by atoms with Crippen molar-refractivity contribution < 1.29 is 0 Å². The van der Waals surface area contributed by atoms with E-state index in [-0.39, 0.29) is 0 Å². The minimum Gasteiger partial charge on any atom is -0.253 e. The monoisotopic (exact) mass is 187 g/mol. The summed E-state index contributed by atoms with van der Waals surface area (Å²) in [6, 6.07) is 0. The fourth-order valence-electron chi connectivity index (χ4n) is 1.23. The van der Waals surface area contributed by atoms with E-state index in [1.807, 2.05) is 11.7 Å². The lowest BCUT2D eigenvalue weighted by Crippen LogP contribution is -2.04. The number of hydrogen-bond donors (Lipinski definition) is 0. The summed E-state index contributed by atoms with van der Waals surface area (Å²) < 4.78 is 0. The largest absolute Gasteiger partial charge is 0.253 e. The Labute approximate surface area is 75.4 Å². The Morgan fingerprint density at radius 1 is 1.64 bits per heavy atom. The van der Waals surface area contributed by atoms with Crippen molar-refractivity contribution in [2.24, 2.45) is 5.41 Å². The van der Waals surface area contributed by atoms with Crippen molar-refractivity contribution in [3.63, 3.8) is 0 Å². The van der Waals surface area contributed by atoms with Crippen molar-refractivity contribution in [1.29, 1.82) is 0 Å². The molecule has 0 bridgehead atoms. The van der Waals surface area contributed by atoms with Crippen molar-refractivity contribution in [3.8, 4) is 0 Å². The first-order valence-corrected chi connectivity index (χ1v) is 5.19. The van der Waals surface area contributed by atoms with Gasteiger partial charge in [-0.3, -0.25) is 4.98 Å². The number of thiazole rings is 1. The first kappa shape index (κ1) is 7.56. The van der Waals surface area contributed by atoms with Crippen LogP contribution in [0.2, 0.25) is 0 Å². The summed E-state index contributed by atoms with van der Waals surface area (Å²) in [4.78, 5) is 5.42. The first-order valence-electron chi connectivity index (χ1n) is 3.78. The molecule has 3 heteroatoms. The summed E-state index contributed by atoms with van der Waals surface area (Å²) >= 11 is 7.59. The second-order valence-electron chi connectivity index (χ2n) is 3.28. The van der Waals surface area contributed by atoms with E-state index in [1.54, 1.807) is 11.3 Å². The zero-order valence-electron chi connectivity index (χ0n) is 6.22. The normalized spacial score (nSPS) is 20.1. The van der Waals surface area contributed by atoms with Crippen LogP contribution in [0.3, 0.4) is 0 Å². The molecule has 0 unspecified atom stereocenters. The van der Waals surface area contributed by atoms with E-state index in [1.165, 1.54) is 17.7 Å². The summed E-state index contributed by atoms with van der Waals surface area (Å²) in [5.41, 5.74) is 2.34. The molecule has 0 saturated heterocycles. The zero-order valence-corrected chi connectivity index (χ0v) is 7.79. The molecule has 1 fully saturated rings. The number of halogens is 1. The van der Waals surface area contributed by atoms with Crippen LogP contribution in [0.5, 0.6) is 0 Å². The van der Waals surface area contributed by atoms with E-state index in [2.05, 4.69) is 4.98 Å². The minimum atomic E-state index is 0.452. The number of aromatic nitrogens is 1. The van der Waals surface area contributed by atoms with Gasteiger partial charge in [0, 0.05) is 17.0 Å². The molecule has 1 nitrogen and oxygen atoms in total. The summed E-state index contributed by atoms with van der Waals surface area (Å²) in [7, 11) is 0. The van der Waals surface area contributed by atoms with E-state index in [4.69, 9.17) is 11.6 Å². The number of hydrogen-bond acceptors (Lipinski definition) is 2. The average Bonchev–Trinajstić information content (AvgIpc) is 2.59. The maximum absolute atomic E-state index is 5.86. The van der Waals surface area contributed by atoms with Crippen molar-refractivity contribution >= 4 is 22.9 Å². The van der Waals surface area contributed by atoms with Crippen molar-refractivity contribution in [1.82, 2.24) is 4.98 Å². The van der Waals surface area contributed by atoms with Crippen molar-refractivity contribution in [2.75, 3.05) is 5.88 Å². The molecule has 0 amide bonds. The Balaban J connectivity index is 2.01. The summed E-state index contributed by atoms with van der Waals surface area (Å²) in [5, 5.41) is 0. The Morgan fingerprint density at radius 2 is 2.45 bits per heavy atom. The van der Waals surface area contributed by atoms with Gasteiger partial charge in [-0.05, 0) is 24.7 Å². The van der Waals surface area contributed by atoms with Crippen molar-refractivity contribution in [3.05, 3.63) is 16.6 Å². The lowest BCUT2D eigenvalue weighted by atomic mass is 10.1. The van der Waals surface area contributed by atoms with Gasteiger partial charge in [0.1, 0.15) is 0 Å². The maximum Gasteiger partial charge on any atom is 0.0794 e. The lowest BCUT2D eigenvalue weighted by Gasteiger charge is -2.07. The fourth-order valence-corrected chi connectivity index (χ4v) is 2.36. The Bertz CT molecular complexity index is 228. The Kier molecular flexibility index (Phi) is 1.90. The lowest BCUT2D eigenvalue weighted by molar-refractivity contribution is 0.583. The van der Waals surface area contributed by atoms with Gasteiger partial charge >= 0.3 is 0 Å². The van der Waals surface area contributed by atoms with E-state index in [0.717, 1.165) is 12.3 Å². The van der Waals surface area contributed by atoms with Gasteiger partial charge in [-0.1, -0.05) is 0 Å². The molecule has 1 aliphatic carbocycles. The third kappa shape index (κ3) is 1.57. The highest BCUT2D eigenvalue weighted by Gasteiger charge is 2.41. The highest BCUT2D eigenvalue weighted by Crippen LogP contribution is 2.49. The molecule has 60 valence electrons. The van der Waals surface area contributed by atoms with Gasteiger partial charge in [0.05, 0.1) is 5.51 Å². The average molecular weight is 188 g/mol. The molecule has 0 aliphatic heterocycles. The summed E-state index contributed by atoms with van der Waals surface area (Å²) in [6.07, 6.45) is 5.70. The molecule has 11 heavy (non-hydrogen) atoms. The van der Waals surface area contributed by atoms with Crippen LogP contribution in [0.15, 0.2) is 11.7 Å². The van der Waals surface area contributed by atoms with Gasteiger partial charge in [0.25, 0.3) is 0 Å². The second kappa shape index (κ2) is 2.76. The highest BCUT2D eigenvalue weighted by atomic mass is 35.5. The predicted molar refractivity (Wildman–Crippen MR) is 48.2 cm³/mol. The number of alkyl halides is 1. The van der Waals surface area contributed by atoms with E-state index in [9.17, 15) is 0 Å².